The number of benzene rings is 3. The van der Waals surface area contributed by atoms with Crippen LogP contribution in [0.15, 0.2) is 77.7 Å². The molecule has 0 spiro atoms. The number of hydrogen-bond acceptors (Lipinski definition) is 7. The van der Waals surface area contributed by atoms with E-state index in [4.69, 9.17) is 14.2 Å². The Kier molecular flexibility index (Phi) is 9.56. The summed E-state index contributed by atoms with van der Waals surface area (Å²) in [6.07, 6.45) is 0. The first-order chi connectivity index (χ1) is 17.0. The van der Waals surface area contributed by atoms with Crippen molar-refractivity contribution in [2.45, 2.75) is 11.4 Å². The van der Waals surface area contributed by atoms with Gasteiger partial charge in [-0.15, -0.1) is 11.8 Å². The fourth-order valence-corrected chi connectivity index (χ4v) is 3.85. The fraction of sp³-hybridized carbons (Fsp3) is 0.192. The zero-order valence-corrected chi connectivity index (χ0v) is 20.2. The van der Waals surface area contributed by atoms with Crippen LogP contribution in [0.1, 0.15) is 15.9 Å². The maximum Gasteiger partial charge on any atom is 0.339 e. The van der Waals surface area contributed by atoms with Gasteiger partial charge in [-0.25, -0.2) is 4.79 Å². The van der Waals surface area contributed by atoms with Crippen molar-refractivity contribution < 1.29 is 28.6 Å². The summed E-state index contributed by atoms with van der Waals surface area (Å²) in [7, 11) is 3.14. The molecule has 3 aromatic rings. The Morgan fingerprint density at radius 3 is 2.31 bits per heavy atom. The van der Waals surface area contributed by atoms with E-state index in [0.717, 1.165) is 11.3 Å². The van der Waals surface area contributed by atoms with E-state index in [1.54, 1.807) is 74.9 Å². The second kappa shape index (κ2) is 13.0. The molecule has 0 fully saturated rings. The summed E-state index contributed by atoms with van der Waals surface area (Å²) in [6.45, 7) is -0.112. The molecule has 0 heterocycles. The third kappa shape index (κ3) is 8.08. The average molecular weight is 495 g/mol. The zero-order valence-electron chi connectivity index (χ0n) is 19.4. The quantitative estimate of drug-likeness (QED) is 0.308. The standard InChI is InChI=1S/C26H26N2O6S/c1-32-20-12-10-18(11-13-20)15-27-24(29)16-34-26(31)22-8-3-4-9-23(22)35-17-25(30)28-19-6-5-7-21(14-19)33-2/h3-14H,15-17H2,1-2H3,(H,27,29)(H,28,30). The summed E-state index contributed by atoms with van der Waals surface area (Å²) in [4.78, 5) is 37.6. The predicted molar refractivity (Wildman–Crippen MR) is 134 cm³/mol. The summed E-state index contributed by atoms with van der Waals surface area (Å²) in [5.74, 6) is 0.159. The first-order valence-electron chi connectivity index (χ1n) is 10.7. The molecule has 3 rings (SSSR count). The zero-order chi connectivity index (χ0) is 25.0. The normalized spacial score (nSPS) is 10.2. The van der Waals surface area contributed by atoms with Crippen LogP contribution in [0, 0.1) is 0 Å². The largest absolute Gasteiger partial charge is 0.497 e. The van der Waals surface area contributed by atoms with Gasteiger partial charge in [-0.3, -0.25) is 9.59 Å². The van der Waals surface area contributed by atoms with E-state index in [-0.39, 0.29) is 17.2 Å². The molecule has 3 aromatic carbocycles. The van der Waals surface area contributed by atoms with Gasteiger partial charge in [0.05, 0.1) is 25.5 Å². The lowest BCUT2D eigenvalue weighted by atomic mass is 10.2. The van der Waals surface area contributed by atoms with Gasteiger partial charge in [0.2, 0.25) is 5.91 Å². The monoisotopic (exact) mass is 494 g/mol. The third-order valence-corrected chi connectivity index (χ3v) is 5.88. The Bertz CT molecular complexity index is 1170. The van der Waals surface area contributed by atoms with Crippen LogP contribution in [0.25, 0.3) is 0 Å². The molecule has 35 heavy (non-hydrogen) atoms. The van der Waals surface area contributed by atoms with Crippen molar-refractivity contribution in [2.24, 2.45) is 0 Å². The molecule has 8 nitrogen and oxygen atoms in total. The minimum atomic E-state index is -0.638. The Morgan fingerprint density at radius 2 is 1.57 bits per heavy atom. The molecule has 0 atom stereocenters. The van der Waals surface area contributed by atoms with Gasteiger partial charge in [0.25, 0.3) is 5.91 Å². The van der Waals surface area contributed by atoms with Gasteiger partial charge in [0, 0.05) is 23.2 Å². The van der Waals surface area contributed by atoms with Gasteiger partial charge in [-0.2, -0.15) is 0 Å². The van der Waals surface area contributed by atoms with Gasteiger partial charge in [-0.05, 0) is 42.0 Å². The summed E-state index contributed by atoms with van der Waals surface area (Å²) in [5, 5.41) is 5.50. The van der Waals surface area contributed by atoms with Gasteiger partial charge < -0.3 is 24.8 Å². The maximum atomic E-state index is 12.6. The second-order valence-electron chi connectivity index (χ2n) is 7.27. The molecule has 0 aliphatic heterocycles. The number of anilines is 1. The summed E-state index contributed by atoms with van der Waals surface area (Å²) >= 11 is 1.20. The number of hydrogen-bond donors (Lipinski definition) is 2. The van der Waals surface area contributed by atoms with Crippen LogP contribution < -0.4 is 20.1 Å². The number of carbonyl (C=O) groups excluding carboxylic acids is 3. The molecule has 2 amide bonds. The van der Waals surface area contributed by atoms with Crippen molar-refractivity contribution in [1.29, 1.82) is 0 Å². The summed E-state index contributed by atoms with van der Waals surface area (Å²) in [6, 6.07) is 21.1. The highest BCUT2D eigenvalue weighted by Gasteiger charge is 2.16. The number of carbonyl (C=O) groups is 3. The molecule has 0 radical (unpaired) electrons. The Labute approximate surface area is 208 Å². The Balaban J connectivity index is 1.48. The molecular formula is C26H26N2O6S. The molecule has 9 heteroatoms. The van der Waals surface area contributed by atoms with E-state index in [0.29, 0.717) is 22.9 Å². The summed E-state index contributed by atoms with van der Waals surface area (Å²) in [5.41, 5.74) is 1.79. The number of thioether (sulfide) groups is 1. The SMILES string of the molecule is COc1ccc(CNC(=O)COC(=O)c2ccccc2SCC(=O)Nc2cccc(OC)c2)cc1. The minimum Gasteiger partial charge on any atom is -0.497 e. The number of amides is 2. The highest BCUT2D eigenvalue weighted by atomic mass is 32.2. The maximum absolute atomic E-state index is 12.6. The van der Waals surface area contributed by atoms with Crippen molar-refractivity contribution in [3.63, 3.8) is 0 Å². The molecule has 0 bridgehead atoms. The molecule has 2 N–H and O–H groups in total. The van der Waals surface area contributed by atoms with Crippen molar-refractivity contribution in [1.82, 2.24) is 5.32 Å². The van der Waals surface area contributed by atoms with E-state index >= 15 is 0 Å². The highest BCUT2D eigenvalue weighted by molar-refractivity contribution is 8.00. The Hall–Kier alpha value is -3.98. The van der Waals surface area contributed by atoms with Crippen LogP contribution in [0.5, 0.6) is 11.5 Å². The van der Waals surface area contributed by atoms with E-state index in [9.17, 15) is 14.4 Å². The number of esters is 1. The predicted octanol–water partition coefficient (Wildman–Crippen LogP) is 3.91. The van der Waals surface area contributed by atoms with Crippen LogP contribution in [0.3, 0.4) is 0 Å². The van der Waals surface area contributed by atoms with E-state index in [2.05, 4.69) is 10.6 Å². The van der Waals surface area contributed by atoms with Crippen molar-refractivity contribution in [3.05, 3.63) is 83.9 Å². The third-order valence-electron chi connectivity index (χ3n) is 4.80. The van der Waals surface area contributed by atoms with Crippen LogP contribution in [-0.4, -0.2) is 44.4 Å². The molecule has 0 saturated heterocycles. The molecule has 0 unspecified atom stereocenters. The molecule has 0 aromatic heterocycles. The average Bonchev–Trinajstić information content (AvgIpc) is 2.90. The Morgan fingerprint density at radius 1 is 0.829 bits per heavy atom. The molecule has 0 aliphatic rings. The van der Waals surface area contributed by atoms with Gasteiger partial charge in [-0.1, -0.05) is 30.3 Å². The van der Waals surface area contributed by atoms with Crippen molar-refractivity contribution >= 4 is 35.2 Å². The van der Waals surface area contributed by atoms with E-state index in [1.807, 2.05) is 12.1 Å². The minimum absolute atomic E-state index is 0.0872. The first kappa shape index (κ1) is 25.6. The highest BCUT2D eigenvalue weighted by Crippen LogP contribution is 2.24. The lowest BCUT2D eigenvalue weighted by Gasteiger charge is -2.10. The molecule has 182 valence electrons. The lowest BCUT2D eigenvalue weighted by molar-refractivity contribution is -0.124. The molecule has 0 saturated carbocycles. The first-order valence-corrected chi connectivity index (χ1v) is 11.7. The van der Waals surface area contributed by atoms with Crippen LogP contribution in [0.4, 0.5) is 5.69 Å². The van der Waals surface area contributed by atoms with Gasteiger partial charge in [0.1, 0.15) is 11.5 Å². The number of methoxy groups -OCH3 is 2. The lowest BCUT2D eigenvalue weighted by Crippen LogP contribution is -2.28. The van der Waals surface area contributed by atoms with Crippen molar-refractivity contribution in [2.75, 3.05) is 31.9 Å². The van der Waals surface area contributed by atoms with Crippen LogP contribution in [0.2, 0.25) is 0 Å². The van der Waals surface area contributed by atoms with E-state index in [1.165, 1.54) is 11.8 Å². The number of ether oxygens (including phenoxy) is 3. The topological polar surface area (TPSA) is 103 Å². The molecule has 0 aliphatic carbocycles. The smallest absolute Gasteiger partial charge is 0.339 e. The van der Waals surface area contributed by atoms with Crippen LogP contribution >= 0.6 is 11.8 Å². The second-order valence-corrected chi connectivity index (χ2v) is 8.28. The van der Waals surface area contributed by atoms with Gasteiger partial charge in [0.15, 0.2) is 6.61 Å². The van der Waals surface area contributed by atoms with E-state index < -0.39 is 18.5 Å². The van der Waals surface area contributed by atoms with Crippen molar-refractivity contribution in [3.8, 4) is 11.5 Å². The fourth-order valence-electron chi connectivity index (χ4n) is 3.01. The van der Waals surface area contributed by atoms with Crippen LogP contribution in [-0.2, 0) is 20.9 Å². The molecular weight excluding hydrogens is 468 g/mol. The summed E-state index contributed by atoms with van der Waals surface area (Å²) < 4.78 is 15.4. The number of nitrogens with one attached hydrogen (secondary N) is 2. The van der Waals surface area contributed by atoms with Gasteiger partial charge >= 0.3 is 5.97 Å². The number of rotatable bonds is 11.